The average molecular weight is 199 g/mol. The molecule has 0 saturated heterocycles. The Hall–Kier alpha value is -0.910. The zero-order valence-corrected chi connectivity index (χ0v) is 8.69. The molecule has 0 saturated carbocycles. The van der Waals surface area contributed by atoms with Crippen LogP contribution >= 0.6 is 0 Å². The summed E-state index contributed by atoms with van der Waals surface area (Å²) in [6, 6.07) is 0. The molecule has 1 N–H and O–H groups in total. The van der Waals surface area contributed by atoms with Gasteiger partial charge in [0.2, 0.25) is 0 Å². The van der Waals surface area contributed by atoms with Crippen molar-refractivity contribution >= 4 is 0 Å². The van der Waals surface area contributed by atoms with Crippen molar-refractivity contribution in [2.75, 3.05) is 20.3 Å². The predicted molar refractivity (Wildman–Crippen MR) is 52.6 cm³/mol. The van der Waals surface area contributed by atoms with Gasteiger partial charge in [-0.05, 0) is 6.92 Å². The first-order chi connectivity index (χ1) is 6.88. The lowest BCUT2D eigenvalue weighted by Gasteiger charge is -2.06. The first kappa shape index (κ1) is 11.2. The molecule has 5 heteroatoms. The SMILES string of the molecule is CCn1cncc1CNOCCOC. The summed E-state index contributed by atoms with van der Waals surface area (Å²) in [7, 11) is 1.65. The van der Waals surface area contributed by atoms with Gasteiger partial charge in [0.15, 0.2) is 0 Å². The summed E-state index contributed by atoms with van der Waals surface area (Å²) < 4.78 is 6.90. The second kappa shape index (κ2) is 6.53. The first-order valence-electron chi connectivity index (χ1n) is 4.71. The van der Waals surface area contributed by atoms with Crippen LogP contribution in [-0.2, 0) is 22.7 Å². The van der Waals surface area contributed by atoms with Crippen LogP contribution in [0.15, 0.2) is 12.5 Å². The number of ether oxygens (including phenoxy) is 1. The van der Waals surface area contributed by atoms with Gasteiger partial charge in [-0.15, -0.1) is 0 Å². The zero-order valence-electron chi connectivity index (χ0n) is 8.69. The van der Waals surface area contributed by atoms with Crippen molar-refractivity contribution in [2.45, 2.75) is 20.0 Å². The number of methoxy groups -OCH3 is 1. The van der Waals surface area contributed by atoms with Crippen LogP contribution in [0.3, 0.4) is 0 Å². The Morgan fingerprint density at radius 3 is 3.07 bits per heavy atom. The van der Waals surface area contributed by atoms with E-state index in [0.717, 1.165) is 12.2 Å². The smallest absolute Gasteiger partial charge is 0.0948 e. The summed E-state index contributed by atoms with van der Waals surface area (Å²) in [4.78, 5) is 9.18. The Bertz CT molecular complexity index is 250. The highest BCUT2D eigenvalue weighted by atomic mass is 16.7. The van der Waals surface area contributed by atoms with Crippen molar-refractivity contribution < 1.29 is 9.57 Å². The quantitative estimate of drug-likeness (QED) is 0.515. The van der Waals surface area contributed by atoms with Gasteiger partial charge in [-0.2, -0.15) is 5.48 Å². The monoisotopic (exact) mass is 199 g/mol. The van der Waals surface area contributed by atoms with E-state index in [-0.39, 0.29) is 0 Å². The van der Waals surface area contributed by atoms with E-state index in [1.807, 2.05) is 12.5 Å². The van der Waals surface area contributed by atoms with Crippen LogP contribution in [0.1, 0.15) is 12.6 Å². The maximum absolute atomic E-state index is 5.13. The van der Waals surface area contributed by atoms with Gasteiger partial charge in [-0.25, -0.2) is 4.98 Å². The van der Waals surface area contributed by atoms with E-state index in [1.165, 1.54) is 0 Å². The van der Waals surface area contributed by atoms with Crippen LogP contribution in [0.2, 0.25) is 0 Å². The Balaban J connectivity index is 2.17. The third-order valence-electron chi connectivity index (χ3n) is 1.88. The molecule has 1 rings (SSSR count). The summed E-state index contributed by atoms with van der Waals surface area (Å²) in [5.41, 5.74) is 3.97. The summed E-state index contributed by atoms with van der Waals surface area (Å²) in [5.74, 6) is 0. The molecule has 0 aliphatic heterocycles. The van der Waals surface area contributed by atoms with E-state index >= 15 is 0 Å². The van der Waals surface area contributed by atoms with Gasteiger partial charge >= 0.3 is 0 Å². The number of aryl methyl sites for hydroxylation is 1. The first-order valence-corrected chi connectivity index (χ1v) is 4.71. The van der Waals surface area contributed by atoms with Gasteiger partial charge in [0, 0.05) is 19.9 Å². The molecule has 0 spiro atoms. The van der Waals surface area contributed by atoms with Crippen molar-refractivity contribution in [3.05, 3.63) is 18.2 Å². The molecule has 1 aromatic heterocycles. The van der Waals surface area contributed by atoms with Crippen molar-refractivity contribution in [3.63, 3.8) is 0 Å². The number of hydroxylamine groups is 1. The zero-order chi connectivity index (χ0) is 10.2. The number of nitrogens with one attached hydrogen (secondary N) is 1. The average Bonchev–Trinajstić information content (AvgIpc) is 2.65. The van der Waals surface area contributed by atoms with Crippen LogP contribution in [-0.4, -0.2) is 29.9 Å². The Labute approximate surface area is 84.0 Å². The van der Waals surface area contributed by atoms with Crippen LogP contribution in [0, 0.1) is 0 Å². The Kier molecular flexibility index (Phi) is 5.21. The Morgan fingerprint density at radius 1 is 1.50 bits per heavy atom. The summed E-state index contributed by atoms with van der Waals surface area (Å²) >= 11 is 0. The highest BCUT2D eigenvalue weighted by molar-refractivity contribution is 4.96. The lowest BCUT2D eigenvalue weighted by Crippen LogP contribution is -2.18. The fourth-order valence-electron chi connectivity index (χ4n) is 1.10. The molecular weight excluding hydrogens is 182 g/mol. The third kappa shape index (κ3) is 3.45. The minimum Gasteiger partial charge on any atom is -0.382 e. The highest BCUT2D eigenvalue weighted by Crippen LogP contribution is 1.97. The molecule has 0 aliphatic rings. The molecule has 1 aromatic rings. The molecular formula is C9H17N3O2. The number of imidazole rings is 1. The minimum absolute atomic E-state index is 0.552. The van der Waals surface area contributed by atoms with Gasteiger partial charge < -0.3 is 9.30 Å². The van der Waals surface area contributed by atoms with Gasteiger partial charge in [0.25, 0.3) is 0 Å². The minimum atomic E-state index is 0.552. The molecule has 0 unspecified atom stereocenters. The molecule has 0 aliphatic carbocycles. The normalized spacial score (nSPS) is 10.7. The standard InChI is InChI=1S/C9H17N3O2/c1-3-12-8-10-6-9(12)7-11-14-5-4-13-2/h6,8,11H,3-5,7H2,1-2H3. The molecule has 14 heavy (non-hydrogen) atoms. The van der Waals surface area contributed by atoms with E-state index in [9.17, 15) is 0 Å². The highest BCUT2D eigenvalue weighted by Gasteiger charge is 1.98. The molecule has 5 nitrogen and oxygen atoms in total. The second-order valence-electron chi connectivity index (χ2n) is 2.83. The summed E-state index contributed by atoms with van der Waals surface area (Å²) in [6.07, 6.45) is 3.64. The Morgan fingerprint density at radius 2 is 2.36 bits per heavy atom. The van der Waals surface area contributed by atoms with Crippen molar-refractivity contribution in [2.24, 2.45) is 0 Å². The molecule has 80 valence electrons. The fourth-order valence-corrected chi connectivity index (χ4v) is 1.10. The van der Waals surface area contributed by atoms with E-state index in [0.29, 0.717) is 19.8 Å². The lowest BCUT2D eigenvalue weighted by molar-refractivity contribution is 0.00260. The molecule has 0 fully saturated rings. The van der Waals surface area contributed by atoms with Crippen LogP contribution < -0.4 is 5.48 Å². The van der Waals surface area contributed by atoms with E-state index < -0.39 is 0 Å². The molecule has 0 amide bonds. The topological polar surface area (TPSA) is 48.3 Å². The van der Waals surface area contributed by atoms with Crippen LogP contribution in [0.25, 0.3) is 0 Å². The summed E-state index contributed by atoms with van der Waals surface area (Å²) in [5, 5.41) is 0. The maximum Gasteiger partial charge on any atom is 0.0948 e. The molecule has 0 radical (unpaired) electrons. The van der Waals surface area contributed by atoms with E-state index in [1.54, 1.807) is 7.11 Å². The predicted octanol–water partition coefficient (Wildman–Crippen LogP) is 0.571. The van der Waals surface area contributed by atoms with E-state index in [2.05, 4.69) is 22.0 Å². The number of hydrogen-bond acceptors (Lipinski definition) is 4. The van der Waals surface area contributed by atoms with Gasteiger partial charge in [-0.3, -0.25) is 4.84 Å². The van der Waals surface area contributed by atoms with Crippen molar-refractivity contribution in [3.8, 4) is 0 Å². The number of aromatic nitrogens is 2. The molecule has 1 heterocycles. The molecule has 0 aromatic carbocycles. The number of nitrogens with zero attached hydrogens (tertiary/aromatic N) is 2. The van der Waals surface area contributed by atoms with Gasteiger partial charge in [0.1, 0.15) is 0 Å². The summed E-state index contributed by atoms with van der Waals surface area (Å²) in [6.45, 7) is 4.82. The third-order valence-corrected chi connectivity index (χ3v) is 1.88. The molecule has 0 atom stereocenters. The molecule has 0 bridgehead atoms. The van der Waals surface area contributed by atoms with Crippen LogP contribution in [0.5, 0.6) is 0 Å². The lowest BCUT2D eigenvalue weighted by atomic mass is 10.4. The van der Waals surface area contributed by atoms with Gasteiger partial charge in [0.05, 0.1) is 31.8 Å². The van der Waals surface area contributed by atoms with Crippen molar-refractivity contribution in [1.29, 1.82) is 0 Å². The number of rotatable bonds is 7. The number of hydrogen-bond donors (Lipinski definition) is 1. The maximum atomic E-state index is 5.13. The van der Waals surface area contributed by atoms with Gasteiger partial charge in [-0.1, -0.05) is 0 Å². The van der Waals surface area contributed by atoms with E-state index in [4.69, 9.17) is 9.57 Å². The fraction of sp³-hybridized carbons (Fsp3) is 0.667. The van der Waals surface area contributed by atoms with Crippen molar-refractivity contribution in [1.82, 2.24) is 15.0 Å². The van der Waals surface area contributed by atoms with Crippen LogP contribution in [0.4, 0.5) is 0 Å². The largest absolute Gasteiger partial charge is 0.382 e. The second-order valence-corrected chi connectivity index (χ2v) is 2.83.